The average molecular weight is 334 g/mol. The Hall–Kier alpha value is -3.22. The van der Waals surface area contributed by atoms with Crippen molar-refractivity contribution < 1.29 is 4.79 Å². The maximum Gasteiger partial charge on any atom is 0.239 e. The molecule has 0 radical (unpaired) electrons. The number of tetrazole rings is 1. The van der Waals surface area contributed by atoms with Gasteiger partial charge in [0.1, 0.15) is 6.54 Å². The van der Waals surface area contributed by atoms with E-state index in [0.717, 1.165) is 33.8 Å². The van der Waals surface area contributed by atoms with E-state index in [1.54, 1.807) is 0 Å². The van der Waals surface area contributed by atoms with Crippen molar-refractivity contribution in [3.63, 3.8) is 0 Å². The molecule has 0 aliphatic carbocycles. The smallest absolute Gasteiger partial charge is 0.239 e. The lowest BCUT2D eigenvalue weighted by Gasteiger charge is -2.08. The summed E-state index contributed by atoms with van der Waals surface area (Å²) < 4.78 is 2.05. The number of hydrogen-bond acceptors (Lipinski definition) is 4. The van der Waals surface area contributed by atoms with Crippen LogP contribution in [0, 0.1) is 0 Å². The van der Waals surface area contributed by atoms with Gasteiger partial charge in [0.25, 0.3) is 0 Å². The molecule has 4 aromatic rings. The summed E-state index contributed by atoms with van der Waals surface area (Å²) >= 11 is 0. The molecule has 2 heterocycles. The highest BCUT2D eigenvalue weighted by Crippen LogP contribution is 2.31. The van der Waals surface area contributed by atoms with E-state index in [1.807, 2.05) is 43.3 Å². The number of H-pyrrole nitrogens is 1. The topological polar surface area (TPSA) is 88.5 Å². The van der Waals surface area contributed by atoms with E-state index in [-0.39, 0.29) is 5.91 Å². The van der Waals surface area contributed by atoms with Gasteiger partial charge in [-0.2, -0.15) is 5.21 Å². The minimum atomic E-state index is 0.0201. The molecule has 4 rings (SSSR count). The molecule has 7 heteroatoms. The average Bonchev–Trinajstić information content (AvgIpc) is 3.27. The van der Waals surface area contributed by atoms with Gasteiger partial charge in [-0.05, 0) is 35.9 Å². The SMILES string of the molecule is CCCNC(=O)Cn1c2ccccc2c2cc(-c3nn[nH]n3)ccc21. The molecule has 0 bridgehead atoms. The lowest BCUT2D eigenvalue weighted by atomic mass is 10.1. The zero-order valence-corrected chi connectivity index (χ0v) is 13.9. The molecule has 2 aromatic heterocycles. The summed E-state index contributed by atoms with van der Waals surface area (Å²) in [6, 6.07) is 14.1. The lowest BCUT2D eigenvalue weighted by Crippen LogP contribution is -2.28. The maximum atomic E-state index is 12.2. The first-order chi connectivity index (χ1) is 12.3. The van der Waals surface area contributed by atoms with Crippen LogP contribution in [-0.4, -0.2) is 37.6 Å². The molecule has 2 N–H and O–H groups in total. The largest absolute Gasteiger partial charge is 0.355 e. The van der Waals surface area contributed by atoms with Crippen molar-refractivity contribution in [2.45, 2.75) is 19.9 Å². The second-order valence-electron chi connectivity index (χ2n) is 5.92. The Bertz CT molecular complexity index is 1030. The molecule has 0 unspecified atom stereocenters. The Morgan fingerprint density at radius 1 is 1.16 bits per heavy atom. The molecule has 1 amide bonds. The van der Waals surface area contributed by atoms with E-state index >= 15 is 0 Å². The molecular weight excluding hydrogens is 316 g/mol. The van der Waals surface area contributed by atoms with Crippen LogP contribution >= 0.6 is 0 Å². The van der Waals surface area contributed by atoms with Crippen LogP contribution < -0.4 is 5.32 Å². The lowest BCUT2D eigenvalue weighted by molar-refractivity contribution is -0.121. The summed E-state index contributed by atoms with van der Waals surface area (Å²) in [4.78, 5) is 12.2. The van der Waals surface area contributed by atoms with Crippen LogP contribution in [0.1, 0.15) is 13.3 Å². The number of amides is 1. The van der Waals surface area contributed by atoms with E-state index in [2.05, 4.69) is 36.6 Å². The van der Waals surface area contributed by atoms with Gasteiger partial charge in [-0.25, -0.2) is 0 Å². The number of hydrogen-bond donors (Lipinski definition) is 2. The molecule has 0 saturated carbocycles. The van der Waals surface area contributed by atoms with Gasteiger partial charge in [-0.3, -0.25) is 4.79 Å². The number of aromatic amines is 1. The zero-order valence-electron chi connectivity index (χ0n) is 13.9. The van der Waals surface area contributed by atoms with Gasteiger partial charge in [0.05, 0.1) is 0 Å². The van der Waals surface area contributed by atoms with E-state index in [9.17, 15) is 4.79 Å². The van der Waals surface area contributed by atoms with Gasteiger partial charge < -0.3 is 9.88 Å². The van der Waals surface area contributed by atoms with Crippen molar-refractivity contribution in [2.24, 2.45) is 0 Å². The van der Waals surface area contributed by atoms with E-state index in [1.165, 1.54) is 0 Å². The molecule has 0 aliphatic heterocycles. The molecular formula is C18H18N6O. The van der Waals surface area contributed by atoms with Gasteiger partial charge in [-0.1, -0.05) is 25.1 Å². The zero-order chi connectivity index (χ0) is 17.2. The summed E-state index contributed by atoms with van der Waals surface area (Å²) in [5, 5.41) is 19.3. The summed E-state index contributed by atoms with van der Waals surface area (Å²) in [5.41, 5.74) is 2.94. The number of rotatable bonds is 5. The van der Waals surface area contributed by atoms with Crippen molar-refractivity contribution in [1.29, 1.82) is 0 Å². The Kier molecular flexibility index (Phi) is 3.89. The second-order valence-corrected chi connectivity index (χ2v) is 5.92. The number of benzene rings is 2. The standard InChI is InChI=1S/C18H18N6O/c1-2-9-19-17(25)11-24-15-6-4-3-5-13(15)14-10-12(7-8-16(14)24)18-20-22-23-21-18/h3-8,10H,2,9,11H2,1H3,(H,19,25)(H,20,21,22,23). The third kappa shape index (κ3) is 2.73. The Morgan fingerprint density at radius 3 is 2.80 bits per heavy atom. The fraction of sp³-hybridized carbons (Fsp3) is 0.222. The van der Waals surface area contributed by atoms with Crippen LogP contribution in [-0.2, 0) is 11.3 Å². The number of nitrogens with zero attached hydrogens (tertiary/aromatic N) is 4. The Labute approximate surface area is 144 Å². The summed E-state index contributed by atoms with van der Waals surface area (Å²) in [6.45, 7) is 3.03. The summed E-state index contributed by atoms with van der Waals surface area (Å²) in [5.74, 6) is 0.575. The van der Waals surface area contributed by atoms with Gasteiger partial charge >= 0.3 is 0 Å². The first kappa shape index (κ1) is 15.3. The van der Waals surface area contributed by atoms with Crippen molar-refractivity contribution in [1.82, 2.24) is 30.5 Å². The monoisotopic (exact) mass is 334 g/mol. The highest BCUT2D eigenvalue weighted by Gasteiger charge is 2.14. The minimum Gasteiger partial charge on any atom is -0.355 e. The highest BCUT2D eigenvalue weighted by molar-refractivity contribution is 6.09. The van der Waals surface area contributed by atoms with Gasteiger partial charge in [0, 0.05) is 33.9 Å². The first-order valence-electron chi connectivity index (χ1n) is 8.29. The number of aromatic nitrogens is 5. The number of para-hydroxylation sites is 1. The van der Waals surface area contributed by atoms with Crippen LogP contribution in [0.5, 0.6) is 0 Å². The normalized spacial score (nSPS) is 11.2. The van der Waals surface area contributed by atoms with Gasteiger partial charge in [0.2, 0.25) is 11.7 Å². The van der Waals surface area contributed by atoms with Crippen LogP contribution in [0.2, 0.25) is 0 Å². The molecule has 0 spiro atoms. The highest BCUT2D eigenvalue weighted by atomic mass is 16.1. The third-order valence-electron chi connectivity index (χ3n) is 4.25. The minimum absolute atomic E-state index is 0.0201. The third-order valence-corrected chi connectivity index (χ3v) is 4.25. The van der Waals surface area contributed by atoms with Gasteiger partial charge in [-0.15, -0.1) is 10.2 Å². The summed E-state index contributed by atoms with van der Waals surface area (Å²) in [7, 11) is 0. The predicted molar refractivity (Wildman–Crippen MR) is 95.9 cm³/mol. The van der Waals surface area contributed by atoms with Crippen LogP contribution in [0.15, 0.2) is 42.5 Å². The van der Waals surface area contributed by atoms with E-state index < -0.39 is 0 Å². The van der Waals surface area contributed by atoms with Crippen LogP contribution in [0.25, 0.3) is 33.2 Å². The number of carbonyl (C=O) groups is 1. The van der Waals surface area contributed by atoms with Crippen LogP contribution in [0.4, 0.5) is 0 Å². The van der Waals surface area contributed by atoms with Crippen molar-refractivity contribution in [2.75, 3.05) is 6.54 Å². The number of nitrogens with one attached hydrogen (secondary N) is 2. The molecule has 7 nitrogen and oxygen atoms in total. The van der Waals surface area contributed by atoms with Crippen molar-refractivity contribution in [3.8, 4) is 11.4 Å². The molecule has 126 valence electrons. The molecule has 0 aliphatic rings. The van der Waals surface area contributed by atoms with Crippen molar-refractivity contribution in [3.05, 3.63) is 42.5 Å². The van der Waals surface area contributed by atoms with Gasteiger partial charge in [0.15, 0.2) is 0 Å². The molecule has 25 heavy (non-hydrogen) atoms. The van der Waals surface area contributed by atoms with Crippen molar-refractivity contribution >= 4 is 27.7 Å². The molecule has 0 atom stereocenters. The fourth-order valence-corrected chi connectivity index (χ4v) is 3.11. The van der Waals surface area contributed by atoms with E-state index in [0.29, 0.717) is 18.9 Å². The molecule has 0 fully saturated rings. The maximum absolute atomic E-state index is 12.2. The summed E-state index contributed by atoms with van der Waals surface area (Å²) in [6.07, 6.45) is 0.924. The second kappa shape index (κ2) is 6.35. The number of carbonyl (C=O) groups excluding carboxylic acids is 1. The first-order valence-corrected chi connectivity index (χ1v) is 8.29. The fourth-order valence-electron chi connectivity index (χ4n) is 3.11. The predicted octanol–water partition coefficient (Wildman–Crippen LogP) is 2.50. The Balaban J connectivity index is 1.85. The number of fused-ring (bicyclic) bond motifs is 3. The quantitative estimate of drug-likeness (QED) is 0.587. The molecule has 0 saturated heterocycles. The van der Waals surface area contributed by atoms with Crippen LogP contribution in [0.3, 0.4) is 0 Å². The van der Waals surface area contributed by atoms with E-state index in [4.69, 9.17) is 0 Å². The Morgan fingerprint density at radius 2 is 2.00 bits per heavy atom. The molecule has 2 aromatic carbocycles.